The Kier molecular flexibility index (Phi) is 3.81. The van der Waals surface area contributed by atoms with Crippen molar-refractivity contribution in [3.05, 3.63) is 41.0 Å². The topological polar surface area (TPSA) is 63.6 Å². The van der Waals surface area contributed by atoms with Crippen LogP contribution in [0.1, 0.15) is 34.1 Å². The molecule has 4 nitrogen and oxygen atoms in total. The number of Topliss-reactive ketones (excluding diaryl/α,β-unsaturated/α-hetero) is 2. The molecule has 122 valence electrons. The van der Waals surface area contributed by atoms with Gasteiger partial charge in [0, 0.05) is 11.5 Å². The van der Waals surface area contributed by atoms with Crippen LogP contribution in [0.2, 0.25) is 19.6 Å². The van der Waals surface area contributed by atoms with Gasteiger partial charge in [-0.2, -0.15) is 0 Å². The number of fused-ring (bicyclic) bond motifs is 2. The number of phenols is 1. The van der Waals surface area contributed by atoms with Crippen LogP contribution in [0.15, 0.2) is 29.8 Å². The van der Waals surface area contributed by atoms with E-state index in [2.05, 4.69) is 19.6 Å². The summed E-state index contributed by atoms with van der Waals surface area (Å²) in [5, 5.41) is 10.0. The van der Waals surface area contributed by atoms with Crippen molar-refractivity contribution in [3.8, 4) is 5.75 Å². The van der Waals surface area contributed by atoms with Gasteiger partial charge >= 0.3 is 0 Å². The lowest BCUT2D eigenvalue weighted by Crippen LogP contribution is -2.48. The molecule has 1 aromatic rings. The Labute approximate surface area is 137 Å². The van der Waals surface area contributed by atoms with Gasteiger partial charge in [0.1, 0.15) is 5.75 Å². The summed E-state index contributed by atoms with van der Waals surface area (Å²) >= 11 is 0. The lowest BCUT2D eigenvalue weighted by molar-refractivity contribution is 0.0548. The van der Waals surface area contributed by atoms with Crippen LogP contribution < -0.4 is 0 Å². The van der Waals surface area contributed by atoms with Crippen molar-refractivity contribution in [2.75, 3.05) is 0 Å². The maximum absolute atomic E-state index is 13.0. The van der Waals surface area contributed by atoms with E-state index < -0.39 is 20.2 Å². The van der Waals surface area contributed by atoms with Crippen molar-refractivity contribution in [3.63, 3.8) is 0 Å². The van der Waals surface area contributed by atoms with E-state index in [1.807, 2.05) is 13.0 Å². The summed E-state index contributed by atoms with van der Waals surface area (Å²) in [7, 11) is -1.86. The minimum absolute atomic E-state index is 0.0903. The Bertz CT molecular complexity index is 714. The molecule has 2 aliphatic rings. The van der Waals surface area contributed by atoms with Crippen LogP contribution in [0.4, 0.5) is 0 Å². The minimum atomic E-state index is -1.86. The Morgan fingerprint density at radius 2 is 1.87 bits per heavy atom. The van der Waals surface area contributed by atoms with E-state index in [0.717, 1.165) is 5.57 Å². The van der Waals surface area contributed by atoms with E-state index in [0.29, 0.717) is 12.0 Å². The second-order valence-corrected chi connectivity index (χ2v) is 11.9. The van der Waals surface area contributed by atoms with Crippen LogP contribution in [0.25, 0.3) is 0 Å². The van der Waals surface area contributed by atoms with E-state index >= 15 is 0 Å². The second-order valence-electron chi connectivity index (χ2n) is 7.47. The molecule has 1 N–H and O–H groups in total. The number of rotatable bonds is 2. The average molecular weight is 330 g/mol. The van der Waals surface area contributed by atoms with Crippen molar-refractivity contribution in [1.29, 1.82) is 0 Å². The van der Waals surface area contributed by atoms with Crippen LogP contribution in [0.3, 0.4) is 0 Å². The molecule has 0 spiro atoms. The predicted octanol–water partition coefficient (Wildman–Crippen LogP) is 3.57. The Hall–Kier alpha value is -1.72. The minimum Gasteiger partial charge on any atom is -0.507 e. The number of aromatic hydroxyl groups is 1. The number of hydrogen-bond donors (Lipinski definition) is 1. The van der Waals surface area contributed by atoms with Gasteiger partial charge in [-0.25, -0.2) is 0 Å². The zero-order valence-corrected chi connectivity index (χ0v) is 14.9. The Morgan fingerprint density at radius 3 is 2.52 bits per heavy atom. The van der Waals surface area contributed by atoms with Crippen LogP contribution in [-0.2, 0) is 4.43 Å². The summed E-state index contributed by atoms with van der Waals surface area (Å²) in [5.74, 6) is -1.25. The number of ketones is 2. The molecule has 3 rings (SSSR count). The molecule has 2 aliphatic carbocycles. The highest BCUT2D eigenvalue weighted by Gasteiger charge is 2.48. The number of benzene rings is 1. The molecular weight excluding hydrogens is 308 g/mol. The van der Waals surface area contributed by atoms with Gasteiger partial charge in [-0.15, -0.1) is 0 Å². The maximum Gasteiger partial charge on any atom is 0.184 e. The summed E-state index contributed by atoms with van der Waals surface area (Å²) in [6.45, 7) is 8.20. The summed E-state index contributed by atoms with van der Waals surface area (Å²) < 4.78 is 6.21. The first-order chi connectivity index (χ1) is 10.7. The number of carbonyl (C=O) groups excluding carboxylic acids is 2. The van der Waals surface area contributed by atoms with Crippen molar-refractivity contribution in [2.24, 2.45) is 11.8 Å². The van der Waals surface area contributed by atoms with Gasteiger partial charge < -0.3 is 9.53 Å². The zero-order chi connectivity index (χ0) is 16.9. The van der Waals surface area contributed by atoms with Crippen LogP contribution in [-0.4, -0.2) is 31.1 Å². The van der Waals surface area contributed by atoms with E-state index in [-0.39, 0.29) is 29.0 Å². The Balaban J connectivity index is 2.10. The smallest absolute Gasteiger partial charge is 0.184 e. The van der Waals surface area contributed by atoms with Crippen molar-refractivity contribution >= 4 is 19.9 Å². The van der Waals surface area contributed by atoms with Gasteiger partial charge in [0.15, 0.2) is 19.9 Å². The molecule has 0 amide bonds. The van der Waals surface area contributed by atoms with Crippen LogP contribution in [0, 0.1) is 11.8 Å². The number of phenolic OH excluding ortho intramolecular Hbond substituents is 1. The van der Waals surface area contributed by atoms with Crippen molar-refractivity contribution in [1.82, 2.24) is 0 Å². The monoisotopic (exact) mass is 330 g/mol. The molecule has 0 aliphatic heterocycles. The number of allylic oxidation sites excluding steroid dienone is 1. The third-order valence-corrected chi connectivity index (χ3v) is 5.44. The predicted molar refractivity (Wildman–Crippen MR) is 90.3 cm³/mol. The quantitative estimate of drug-likeness (QED) is 0.665. The summed E-state index contributed by atoms with van der Waals surface area (Å²) in [6, 6.07) is 4.70. The standard InChI is InChI=1S/C18H22O4Si/c1-10-8-12-16(14(9-10)22-23(2,3)4)17(20)11-6-5-7-13(19)15(11)18(12)21/h5-7,9,12,14,16,19H,8H2,1-4H3. The van der Waals surface area contributed by atoms with E-state index in [1.54, 1.807) is 12.1 Å². The molecule has 23 heavy (non-hydrogen) atoms. The summed E-state index contributed by atoms with van der Waals surface area (Å²) in [4.78, 5) is 25.9. The fourth-order valence-corrected chi connectivity index (χ4v) is 4.66. The maximum atomic E-state index is 13.0. The summed E-state index contributed by atoms with van der Waals surface area (Å²) in [5.41, 5.74) is 1.57. The highest BCUT2D eigenvalue weighted by atomic mass is 28.4. The fourth-order valence-electron chi connectivity index (χ4n) is 3.63. The van der Waals surface area contributed by atoms with Gasteiger partial charge in [0.25, 0.3) is 0 Å². The fraction of sp³-hybridized carbons (Fsp3) is 0.444. The third kappa shape index (κ3) is 2.79. The van der Waals surface area contributed by atoms with E-state index in [1.165, 1.54) is 6.07 Å². The van der Waals surface area contributed by atoms with Gasteiger partial charge in [-0.1, -0.05) is 23.8 Å². The lowest BCUT2D eigenvalue weighted by atomic mass is 9.66. The van der Waals surface area contributed by atoms with Crippen LogP contribution >= 0.6 is 0 Å². The second kappa shape index (κ2) is 5.42. The molecule has 0 saturated heterocycles. The first-order valence-electron chi connectivity index (χ1n) is 7.94. The highest BCUT2D eigenvalue weighted by molar-refractivity contribution is 6.69. The molecule has 0 fully saturated rings. The largest absolute Gasteiger partial charge is 0.507 e. The van der Waals surface area contributed by atoms with E-state index in [4.69, 9.17) is 4.43 Å². The highest BCUT2D eigenvalue weighted by Crippen LogP contribution is 2.43. The van der Waals surface area contributed by atoms with Gasteiger partial charge in [-0.05, 0) is 39.1 Å². The van der Waals surface area contributed by atoms with Gasteiger partial charge in [-0.3, -0.25) is 9.59 Å². The molecule has 0 aromatic heterocycles. The SMILES string of the molecule is CC1=CC(O[Si](C)(C)C)C2C(=O)c3cccc(O)c3C(=O)C2C1. The summed E-state index contributed by atoms with van der Waals surface area (Å²) in [6.07, 6.45) is 2.19. The first kappa shape index (κ1) is 16.1. The van der Waals surface area contributed by atoms with Crippen molar-refractivity contribution < 1.29 is 19.1 Å². The molecule has 0 saturated carbocycles. The molecule has 0 radical (unpaired) electrons. The lowest BCUT2D eigenvalue weighted by Gasteiger charge is -2.40. The molecule has 3 unspecified atom stereocenters. The Morgan fingerprint density at radius 1 is 1.17 bits per heavy atom. The molecule has 1 aromatic carbocycles. The van der Waals surface area contributed by atoms with Crippen LogP contribution in [0.5, 0.6) is 5.75 Å². The molecule has 3 atom stereocenters. The molecule has 0 bridgehead atoms. The first-order valence-corrected chi connectivity index (χ1v) is 11.4. The molecule has 5 heteroatoms. The number of carbonyl (C=O) groups is 2. The molecular formula is C18H22O4Si. The molecule has 0 heterocycles. The van der Waals surface area contributed by atoms with Gasteiger partial charge in [0.2, 0.25) is 0 Å². The van der Waals surface area contributed by atoms with Crippen molar-refractivity contribution in [2.45, 2.75) is 39.1 Å². The zero-order valence-electron chi connectivity index (χ0n) is 13.9. The number of hydrogen-bond acceptors (Lipinski definition) is 4. The average Bonchev–Trinajstić information content (AvgIpc) is 2.42. The van der Waals surface area contributed by atoms with Gasteiger partial charge in [0.05, 0.1) is 17.6 Å². The third-order valence-electron chi connectivity index (χ3n) is 4.46. The van der Waals surface area contributed by atoms with E-state index in [9.17, 15) is 14.7 Å². The normalized spacial score (nSPS) is 27.3.